The van der Waals surface area contributed by atoms with Crippen molar-refractivity contribution in [1.82, 2.24) is 9.88 Å². The third-order valence-corrected chi connectivity index (χ3v) is 9.93. The number of methoxy groups -OCH3 is 2. The summed E-state index contributed by atoms with van der Waals surface area (Å²) in [5.74, 6) is -2.63. The Morgan fingerprint density at radius 2 is 1.76 bits per heavy atom. The van der Waals surface area contributed by atoms with Gasteiger partial charge in [0.25, 0.3) is 10.0 Å². The first-order valence-electron chi connectivity index (χ1n) is 14.4. The first-order valence-corrected chi connectivity index (χ1v) is 15.8. The number of likely N-dealkylation sites (N-methyl/N-ethyl adjacent to an activating group) is 1. The number of hydrogen-bond acceptors (Lipinski definition) is 7. The van der Waals surface area contributed by atoms with E-state index in [1.165, 1.54) is 26.7 Å². The molecule has 0 radical (unpaired) electrons. The fraction of sp³-hybridized carbons (Fsp3) is 0.303. The van der Waals surface area contributed by atoms with Crippen LogP contribution in [-0.4, -0.2) is 58.7 Å². The van der Waals surface area contributed by atoms with E-state index < -0.39 is 38.9 Å². The van der Waals surface area contributed by atoms with E-state index in [0.717, 1.165) is 48.2 Å². The molecular formula is C33H35F3N4O4S. The van der Waals surface area contributed by atoms with E-state index in [-0.39, 0.29) is 28.9 Å². The molecule has 0 bridgehead atoms. The van der Waals surface area contributed by atoms with Crippen molar-refractivity contribution in [3.63, 3.8) is 0 Å². The summed E-state index contributed by atoms with van der Waals surface area (Å²) in [5.41, 5.74) is 1.80. The molecule has 1 aliphatic rings. The average Bonchev–Trinajstić information content (AvgIpc) is 3.50. The summed E-state index contributed by atoms with van der Waals surface area (Å²) < 4.78 is 85.5. The number of nitrogens with zero attached hydrogens (tertiary/aromatic N) is 4. The lowest BCUT2D eigenvalue weighted by atomic mass is 10.1. The number of anilines is 2. The second kappa shape index (κ2) is 13.4. The predicted molar refractivity (Wildman–Crippen MR) is 167 cm³/mol. The maximum atomic E-state index is 16.1. The molecule has 0 N–H and O–H groups in total. The van der Waals surface area contributed by atoms with E-state index in [1.807, 2.05) is 23.1 Å². The van der Waals surface area contributed by atoms with Gasteiger partial charge in [-0.15, -0.1) is 0 Å². The fourth-order valence-corrected chi connectivity index (χ4v) is 7.22. The zero-order chi connectivity index (χ0) is 32.3. The van der Waals surface area contributed by atoms with Gasteiger partial charge < -0.3 is 14.4 Å². The van der Waals surface area contributed by atoms with Crippen molar-refractivity contribution >= 4 is 21.5 Å². The van der Waals surface area contributed by atoms with Gasteiger partial charge in [0.1, 0.15) is 29.0 Å². The van der Waals surface area contributed by atoms with Crippen LogP contribution in [0.5, 0.6) is 11.5 Å². The van der Waals surface area contributed by atoms with Crippen LogP contribution in [0.2, 0.25) is 0 Å². The lowest BCUT2D eigenvalue weighted by Crippen LogP contribution is -2.36. The summed E-state index contributed by atoms with van der Waals surface area (Å²) in [5, 5.41) is 0. The van der Waals surface area contributed by atoms with Gasteiger partial charge in [-0.05, 0) is 49.2 Å². The Balaban J connectivity index is 1.48. The Kier molecular flexibility index (Phi) is 9.54. The van der Waals surface area contributed by atoms with Gasteiger partial charge in [-0.1, -0.05) is 30.3 Å². The molecule has 12 heteroatoms. The minimum atomic E-state index is -4.91. The Hall–Kier alpha value is -4.29. The zero-order valence-electron chi connectivity index (χ0n) is 25.5. The number of halogens is 3. The number of ether oxygens (including phenoxy) is 2. The fourth-order valence-electron chi connectivity index (χ4n) is 5.65. The molecule has 0 saturated carbocycles. The molecule has 8 nitrogen and oxygen atoms in total. The molecule has 1 saturated heterocycles. The minimum Gasteiger partial charge on any atom is -0.497 e. The molecule has 0 amide bonds. The molecule has 1 aliphatic heterocycles. The third-order valence-electron chi connectivity index (χ3n) is 8.14. The third kappa shape index (κ3) is 6.71. The van der Waals surface area contributed by atoms with Crippen LogP contribution in [0.15, 0.2) is 77.8 Å². The first-order chi connectivity index (χ1) is 21.5. The van der Waals surface area contributed by atoms with Crippen molar-refractivity contribution < 1.29 is 31.1 Å². The standard InChI is InChI=1S/C33H35F3N4O4S/c1-22-29(38(2)26-14-15-39(21-26)19-23-8-6-5-7-9-23)17-28(35)33(32(22)36)45(41,42)40(31-13-11-25(34)18-37-31)20-24-10-12-27(43-3)16-30(24)44-4/h5-13,16-18,26H,14-15,19-21H2,1-4H3. The highest BCUT2D eigenvalue weighted by Crippen LogP contribution is 2.36. The SMILES string of the molecule is COc1ccc(CN(c2ccc(F)cn2)S(=O)(=O)c2c(F)cc(N(C)C3CCN(Cc4ccccc4)C3)c(C)c2F)c(OC)c1. The average molecular weight is 641 g/mol. The summed E-state index contributed by atoms with van der Waals surface area (Å²) in [7, 11) is -0.281. The number of benzene rings is 3. The highest BCUT2D eigenvalue weighted by atomic mass is 32.2. The minimum absolute atomic E-state index is 0.00646. The number of aromatic nitrogens is 1. The van der Waals surface area contributed by atoms with Gasteiger partial charge in [0.05, 0.1) is 27.0 Å². The van der Waals surface area contributed by atoms with Crippen LogP contribution < -0.4 is 18.7 Å². The quantitative estimate of drug-likeness (QED) is 0.201. The van der Waals surface area contributed by atoms with Gasteiger partial charge in [0.2, 0.25) is 0 Å². The Labute approximate surface area is 261 Å². The second-order valence-corrected chi connectivity index (χ2v) is 12.7. The van der Waals surface area contributed by atoms with E-state index in [9.17, 15) is 12.8 Å². The normalized spacial score (nSPS) is 15.2. The zero-order valence-corrected chi connectivity index (χ0v) is 26.3. The van der Waals surface area contributed by atoms with E-state index >= 15 is 8.78 Å². The maximum absolute atomic E-state index is 16.1. The van der Waals surface area contributed by atoms with Crippen LogP contribution in [0.4, 0.5) is 24.7 Å². The van der Waals surface area contributed by atoms with E-state index in [0.29, 0.717) is 17.9 Å². The number of pyridine rings is 1. The second-order valence-electron chi connectivity index (χ2n) is 10.9. The molecule has 0 aliphatic carbocycles. The van der Waals surface area contributed by atoms with Crippen LogP contribution in [-0.2, 0) is 23.1 Å². The first kappa shape index (κ1) is 32.1. The molecule has 1 unspecified atom stereocenters. The van der Waals surface area contributed by atoms with E-state index in [2.05, 4.69) is 22.0 Å². The molecule has 238 valence electrons. The predicted octanol–water partition coefficient (Wildman–Crippen LogP) is 5.93. The lowest BCUT2D eigenvalue weighted by molar-refractivity contribution is 0.326. The maximum Gasteiger partial charge on any atom is 0.271 e. The summed E-state index contributed by atoms with van der Waals surface area (Å²) in [6.07, 6.45) is 1.61. The van der Waals surface area contributed by atoms with E-state index in [4.69, 9.17) is 9.47 Å². The highest BCUT2D eigenvalue weighted by Gasteiger charge is 2.36. The van der Waals surface area contributed by atoms with Gasteiger partial charge in [0, 0.05) is 55.6 Å². The molecule has 4 aromatic rings. The molecular weight excluding hydrogens is 605 g/mol. The number of rotatable bonds is 11. The molecule has 0 spiro atoms. The van der Waals surface area contributed by atoms with Crippen molar-refractivity contribution in [2.24, 2.45) is 0 Å². The van der Waals surface area contributed by atoms with Crippen molar-refractivity contribution in [2.75, 3.05) is 43.6 Å². The number of sulfonamides is 1. The van der Waals surface area contributed by atoms with Crippen LogP contribution in [0.1, 0.15) is 23.1 Å². The Morgan fingerprint density at radius 1 is 1.00 bits per heavy atom. The van der Waals surface area contributed by atoms with Crippen LogP contribution >= 0.6 is 0 Å². The number of likely N-dealkylation sites (tertiary alicyclic amines) is 1. The molecule has 1 atom stereocenters. The van der Waals surface area contributed by atoms with Gasteiger partial charge in [-0.2, -0.15) is 0 Å². The molecule has 1 aromatic heterocycles. The van der Waals surface area contributed by atoms with Gasteiger partial charge in [0.15, 0.2) is 10.7 Å². The summed E-state index contributed by atoms with van der Waals surface area (Å²) >= 11 is 0. The lowest BCUT2D eigenvalue weighted by Gasteiger charge is -2.30. The van der Waals surface area contributed by atoms with Crippen LogP contribution in [0.25, 0.3) is 0 Å². The topological polar surface area (TPSA) is 75.2 Å². The molecule has 3 aromatic carbocycles. The molecule has 2 heterocycles. The van der Waals surface area contributed by atoms with Gasteiger partial charge in [-0.25, -0.2) is 30.9 Å². The van der Waals surface area contributed by atoms with Crippen molar-refractivity contribution in [1.29, 1.82) is 0 Å². The summed E-state index contributed by atoms with van der Waals surface area (Å²) in [6.45, 7) is 3.28. The summed E-state index contributed by atoms with van der Waals surface area (Å²) in [4.78, 5) is 6.89. The Bertz CT molecular complexity index is 1760. The van der Waals surface area contributed by atoms with Crippen LogP contribution in [0, 0.1) is 24.4 Å². The number of hydrogen-bond donors (Lipinski definition) is 0. The molecule has 5 rings (SSSR count). The summed E-state index contributed by atoms with van der Waals surface area (Å²) in [6, 6.07) is 18.0. The van der Waals surface area contributed by atoms with Gasteiger partial charge >= 0.3 is 0 Å². The molecule has 45 heavy (non-hydrogen) atoms. The largest absolute Gasteiger partial charge is 0.497 e. The molecule has 1 fully saturated rings. The Morgan fingerprint density at radius 3 is 2.42 bits per heavy atom. The van der Waals surface area contributed by atoms with Crippen molar-refractivity contribution in [2.45, 2.75) is 37.4 Å². The van der Waals surface area contributed by atoms with Crippen molar-refractivity contribution in [3.05, 3.63) is 107 Å². The van der Waals surface area contributed by atoms with E-state index in [1.54, 1.807) is 25.2 Å². The van der Waals surface area contributed by atoms with Gasteiger partial charge in [-0.3, -0.25) is 4.90 Å². The highest BCUT2D eigenvalue weighted by molar-refractivity contribution is 7.92. The smallest absolute Gasteiger partial charge is 0.271 e. The van der Waals surface area contributed by atoms with Crippen molar-refractivity contribution in [3.8, 4) is 11.5 Å². The van der Waals surface area contributed by atoms with Crippen LogP contribution in [0.3, 0.4) is 0 Å². The monoisotopic (exact) mass is 640 g/mol.